The minimum atomic E-state index is -3.03. The predicted molar refractivity (Wildman–Crippen MR) is 94.5 cm³/mol. The molecule has 3 aliphatic rings. The molecule has 1 aromatic heterocycles. The molecule has 0 bridgehead atoms. The third-order valence-electron chi connectivity index (χ3n) is 5.08. The molecule has 9 nitrogen and oxygen atoms in total. The van der Waals surface area contributed by atoms with Crippen LogP contribution >= 0.6 is 0 Å². The Kier molecular flexibility index (Phi) is 4.29. The lowest BCUT2D eigenvalue weighted by Gasteiger charge is -2.38. The van der Waals surface area contributed by atoms with Gasteiger partial charge in [0.25, 0.3) is 5.91 Å². The van der Waals surface area contributed by atoms with Crippen LogP contribution in [-0.2, 0) is 19.5 Å². The Morgan fingerprint density at radius 2 is 2.27 bits per heavy atom. The zero-order valence-corrected chi connectivity index (χ0v) is 15.1. The maximum absolute atomic E-state index is 12.4. The van der Waals surface area contributed by atoms with E-state index in [4.69, 9.17) is 4.84 Å². The number of amides is 1. The summed E-state index contributed by atoms with van der Waals surface area (Å²) >= 11 is 0. The summed E-state index contributed by atoms with van der Waals surface area (Å²) in [5, 5.41) is 6.79. The van der Waals surface area contributed by atoms with E-state index in [0.29, 0.717) is 25.1 Å². The van der Waals surface area contributed by atoms with Gasteiger partial charge in [-0.05, 0) is 19.3 Å². The van der Waals surface area contributed by atoms with Crippen LogP contribution < -0.4 is 10.2 Å². The predicted octanol–water partition coefficient (Wildman–Crippen LogP) is -0.105. The molecule has 1 N–H and O–H groups in total. The molecule has 2 saturated heterocycles. The molecule has 26 heavy (non-hydrogen) atoms. The Bertz CT molecular complexity index is 828. The summed E-state index contributed by atoms with van der Waals surface area (Å²) in [5.74, 6) is 0.570. The molecule has 1 aromatic rings. The average Bonchev–Trinajstić information content (AvgIpc) is 3.19. The largest absolute Gasteiger partial charge is 0.386 e. The Balaban J connectivity index is 1.38. The van der Waals surface area contributed by atoms with Gasteiger partial charge in [-0.3, -0.25) is 9.78 Å². The number of hydrogen-bond acceptors (Lipinski definition) is 8. The molecule has 2 fully saturated rings. The molecule has 1 amide bonds. The van der Waals surface area contributed by atoms with E-state index in [1.165, 1.54) is 0 Å². The van der Waals surface area contributed by atoms with Gasteiger partial charge in [0, 0.05) is 31.4 Å². The van der Waals surface area contributed by atoms with E-state index in [1.807, 2.05) is 0 Å². The van der Waals surface area contributed by atoms with Crippen molar-refractivity contribution in [1.29, 1.82) is 0 Å². The molecule has 0 aliphatic carbocycles. The SMILES string of the molecule is O=C(N[C@H]1CCS(=O)(=O)C1)C1=NO[C@]2(CCCN(c3cnccn3)C2)C1. The summed E-state index contributed by atoms with van der Waals surface area (Å²) in [6.07, 6.45) is 7.57. The van der Waals surface area contributed by atoms with Crippen LogP contribution in [0, 0.1) is 0 Å². The summed E-state index contributed by atoms with van der Waals surface area (Å²) in [4.78, 5) is 28.6. The van der Waals surface area contributed by atoms with Gasteiger partial charge in [0.05, 0.1) is 24.2 Å². The van der Waals surface area contributed by atoms with Gasteiger partial charge in [-0.15, -0.1) is 0 Å². The molecule has 4 heterocycles. The molecule has 2 atom stereocenters. The summed E-state index contributed by atoms with van der Waals surface area (Å²) in [5.41, 5.74) is -0.209. The van der Waals surface area contributed by atoms with Crippen molar-refractivity contribution < 1.29 is 18.0 Å². The van der Waals surface area contributed by atoms with Gasteiger partial charge in [-0.25, -0.2) is 13.4 Å². The number of nitrogens with zero attached hydrogens (tertiary/aromatic N) is 4. The highest BCUT2D eigenvalue weighted by Gasteiger charge is 2.45. The quantitative estimate of drug-likeness (QED) is 0.780. The van der Waals surface area contributed by atoms with Gasteiger partial charge >= 0.3 is 0 Å². The normalized spacial score (nSPS) is 30.1. The Labute approximate surface area is 151 Å². The third kappa shape index (κ3) is 3.50. The monoisotopic (exact) mass is 379 g/mol. The van der Waals surface area contributed by atoms with Crippen molar-refractivity contribution in [3.05, 3.63) is 18.6 Å². The minimum Gasteiger partial charge on any atom is -0.386 e. The first-order valence-electron chi connectivity index (χ1n) is 8.72. The zero-order valence-electron chi connectivity index (χ0n) is 14.3. The van der Waals surface area contributed by atoms with Gasteiger partial charge in [-0.2, -0.15) is 0 Å². The average molecular weight is 379 g/mol. The van der Waals surface area contributed by atoms with Crippen LogP contribution in [0.25, 0.3) is 0 Å². The Hall–Kier alpha value is -2.23. The smallest absolute Gasteiger partial charge is 0.269 e. The van der Waals surface area contributed by atoms with Gasteiger partial charge in [0.2, 0.25) is 0 Å². The topological polar surface area (TPSA) is 114 Å². The molecule has 10 heteroatoms. The summed E-state index contributed by atoms with van der Waals surface area (Å²) in [7, 11) is -3.03. The summed E-state index contributed by atoms with van der Waals surface area (Å²) in [6.45, 7) is 1.44. The number of rotatable bonds is 3. The maximum Gasteiger partial charge on any atom is 0.269 e. The van der Waals surface area contributed by atoms with E-state index in [2.05, 4.69) is 25.3 Å². The highest BCUT2D eigenvalue weighted by Crippen LogP contribution is 2.34. The molecule has 3 aliphatic heterocycles. The lowest BCUT2D eigenvalue weighted by molar-refractivity contribution is -0.115. The van der Waals surface area contributed by atoms with Crippen LogP contribution in [0.3, 0.4) is 0 Å². The summed E-state index contributed by atoms with van der Waals surface area (Å²) in [6, 6.07) is -0.339. The number of piperidine rings is 1. The van der Waals surface area contributed by atoms with Crippen LogP contribution in [0.15, 0.2) is 23.7 Å². The second kappa shape index (κ2) is 6.49. The van der Waals surface area contributed by atoms with E-state index in [1.54, 1.807) is 18.6 Å². The van der Waals surface area contributed by atoms with Crippen molar-refractivity contribution >= 4 is 27.3 Å². The van der Waals surface area contributed by atoms with Crippen molar-refractivity contribution in [2.45, 2.75) is 37.3 Å². The standard InChI is InChI=1S/C16H21N5O4S/c22-15(19-12-2-7-26(23,24)10-12)13-8-16(25-20-13)3-1-6-21(11-16)14-9-17-4-5-18-14/h4-5,9,12H,1-3,6-8,10-11H2,(H,19,22)/t12-,16+/m0/s1. The number of hydrogen-bond donors (Lipinski definition) is 1. The van der Waals surface area contributed by atoms with Gasteiger partial charge in [0.15, 0.2) is 15.4 Å². The molecule has 4 rings (SSSR count). The van der Waals surface area contributed by atoms with Crippen molar-refractivity contribution in [3.63, 3.8) is 0 Å². The van der Waals surface area contributed by atoms with Crippen LogP contribution in [-0.4, -0.2) is 66.2 Å². The number of aromatic nitrogens is 2. The molecule has 140 valence electrons. The number of oxime groups is 1. The van der Waals surface area contributed by atoms with E-state index >= 15 is 0 Å². The number of anilines is 1. The fraction of sp³-hybridized carbons (Fsp3) is 0.625. The first-order chi connectivity index (χ1) is 12.4. The number of carbonyl (C=O) groups excluding carboxylic acids is 1. The fourth-order valence-corrected chi connectivity index (χ4v) is 5.46. The van der Waals surface area contributed by atoms with Crippen LogP contribution in [0.2, 0.25) is 0 Å². The Morgan fingerprint density at radius 1 is 1.38 bits per heavy atom. The molecule has 0 saturated carbocycles. The van der Waals surface area contributed by atoms with Crippen molar-refractivity contribution in [2.24, 2.45) is 5.16 Å². The highest BCUT2D eigenvalue weighted by molar-refractivity contribution is 7.91. The molecule has 0 unspecified atom stereocenters. The zero-order chi connectivity index (χ0) is 18.2. The second-order valence-electron chi connectivity index (χ2n) is 7.15. The molecular formula is C16H21N5O4S. The van der Waals surface area contributed by atoms with Crippen LogP contribution in [0.4, 0.5) is 5.82 Å². The fourth-order valence-electron chi connectivity index (χ4n) is 3.79. The molecule has 1 spiro atoms. The van der Waals surface area contributed by atoms with E-state index in [0.717, 1.165) is 25.2 Å². The minimum absolute atomic E-state index is 0.00151. The lowest BCUT2D eigenvalue weighted by Crippen LogP contribution is -2.49. The number of sulfone groups is 1. The van der Waals surface area contributed by atoms with Gasteiger partial charge in [0.1, 0.15) is 11.5 Å². The maximum atomic E-state index is 12.4. The first-order valence-corrected chi connectivity index (χ1v) is 10.5. The highest BCUT2D eigenvalue weighted by atomic mass is 32.2. The number of nitrogens with one attached hydrogen (secondary N) is 1. The van der Waals surface area contributed by atoms with Gasteiger partial charge in [-0.1, -0.05) is 5.16 Å². The van der Waals surface area contributed by atoms with Crippen molar-refractivity contribution in [1.82, 2.24) is 15.3 Å². The Morgan fingerprint density at radius 3 is 3.00 bits per heavy atom. The molecule has 0 radical (unpaired) electrons. The molecular weight excluding hydrogens is 358 g/mol. The second-order valence-corrected chi connectivity index (χ2v) is 9.38. The van der Waals surface area contributed by atoms with E-state index < -0.39 is 15.4 Å². The van der Waals surface area contributed by atoms with Crippen molar-refractivity contribution in [2.75, 3.05) is 29.5 Å². The van der Waals surface area contributed by atoms with E-state index in [9.17, 15) is 13.2 Å². The van der Waals surface area contributed by atoms with Crippen LogP contribution in [0.1, 0.15) is 25.7 Å². The van der Waals surface area contributed by atoms with E-state index in [-0.39, 0.29) is 23.5 Å². The molecule has 0 aromatic carbocycles. The third-order valence-corrected chi connectivity index (χ3v) is 6.85. The van der Waals surface area contributed by atoms with Crippen molar-refractivity contribution in [3.8, 4) is 0 Å². The number of carbonyl (C=O) groups is 1. The lowest BCUT2D eigenvalue weighted by atomic mass is 9.88. The first kappa shape index (κ1) is 17.2. The summed E-state index contributed by atoms with van der Waals surface area (Å²) < 4.78 is 23.1. The van der Waals surface area contributed by atoms with Gasteiger partial charge < -0.3 is 15.1 Å². The van der Waals surface area contributed by atoms with Crippen LogP contribution in [0.5, 0.6) is 0 Å².